The molecule has 0 bridgehead atoms. The molecule has 1 aromatic rings. The summed E-state index contributed by atoms with van der Waals surface area (Å²) in [5.41, 5.74) is 1.09. The van der Waals surface area contributed by atoms with Crippen molar-refractivity contribution >= 4 is 47.2 Å². The molecule has 1 aliphatic rings. The van der Waals surface area contributed by atoms with Gasteiger partial charge in [-0.1, -0.05) is 6.42 Å². The maximum Gasteiger partial charge on any atom is 0.225 e. The summed E-state index contributed by atoms with van der Waals surface area (Å²) < 4.78 is 0. The monoisotopic (exact) mass is 479 g/mol. The van der Waals surface area contributed by atoms with Crippen molar-refractivity contribution < 1.29 is 4.79 Å². The number of carbonyl (C=O) groups excluding carboxylic acids is 1. The molecule has 0 aliphatic heterocycles. The first kappa shape index (κ1) is 22.1. The van der Waals surface area contributed by atoms with Crippen molar-refractivity contribution in [3.63, 3.8) is 0 Å². The molecule has 1 amide bonds. The van der Waals surface area contributed by atoms with E-state index in [1.165, 1.54) is 4.88 Å². The van der Waals surface area contributed by atoms with Crippen LogP contribution in [0.3, 0.4) is 0 Å². The maximum absolute atomic E-state index is 12.2. The van der Waals surface area contributed by atoms with Crippen LogP contribution in [0.25, 0.3) is 0 Å². The minimum Gasteiger partial charge on any atom is -0.354 e. The van der Waals surface area contributed by atoms with Gasteiger partial charge in [0.15, 0.2) is 5.96 Å². The third kappa shape index (κ3) is 6.40. The van der Waals surface area contributed by atoms with Gasteiger partial charge in [0.25, 0.3) is 0 Å². The molecular weight excluding hydrogens is 449 g/mol. The predicted molar refractivity (Wildman–Crippen MR) is 115 cm³/mol. The van der Waals surface area contributed by atoms with Gasteiger partial charge in [-0.2, -0.15) is 0 Å². The summed E-state index contributed by atoms with van der Waals surface area (Å²) in [6, 6.07) is 0.290. The summed E-state index contributed by atoms with van der Waals surface area (Å²) >= 11 is 1.71. The van der Waals surface area contributed by atoms with Gasteiger partial charge in [0.1, 0.15) is 5.01 Å². The van der Waals surface area contributed by atoms with Crippen LogP contribution in [0, 0.1) is 19.8 Å². The fourth-order valence-corrected chi connectivity index (χ4v) is 3.95. The van der Waals surface area contributed by atoms with Crippen LogP contribution < -0.4 is 10.6 Å². The van der Waals surface area contributed by atoms with E-state index in [1.807, 2.05) is 21.0 Å². The molecular formula is C17H30IN5OS. The standard InChI is InChI=1S/C17H29N5OS.HI/c1-11-12(2)24-15(20-11)10-19-17(18-3)21-14-8-6-7-13(9-14)16(23)22(4)5;/h13-14H,6-10H2,1-5H3,(H2,18,19,21);1H. The molecule has 1 aromatic heterocycles. The lowest BCUT2D eigenvalue weighted by Gasteiger charge is -2.31. The predicted octanol–water partition coefficient (Wildman–Crippen LogP) is 2.69. The van der Waals surface area contributed by atoms with Crippen molar-refractivity contribution in [1.29, 1.82) is 0 Å². The molecule has 2 N–H and O–H groups in total. The lowest BCUT2D eigenvalue weighted by molar-refractivity contribution is -0.134. The molecule has 0 aromatic carbocycles. The smallest absolute Gasteiger partial charge is 0.225 e. The van der Waals surface area contributed by atoms with E-state index in [1.54, 1.807) is 23.3 Å². The number of nitrogens with zero attached hydrogens (tertiary/aromatic N) is 3. The molecule has 2 unspecified atom stereocenters. The minimum absolute atomic E-state index is 0. The van der Waals surface area contributed by atoms with Crippen LogP contribution in [0.15, 0.2) is 4.99 Å². The van der Waals surface area contributed by atoms with E-state index >= 15 is 0 Å². The number of aryl methyl sites for hydroxylation is 2. The molecule has 0 saturated heterocycles. The molecule has 2 atom stereocenters. The Labute approximate surface area is 171 Å². The number of aliphatic imine (C=N–C) groups is 1. The second-order valence-electron chi connectivity index (χ2n) is 6.61. The van der Waals surface area contributed by atoms with Crippen molar-refractivity contribution in [2.24, 2.45) is 10.9 Å². The van der Waals surface area contributed by atoms with E-state index in [-0.39, 0.29) is 35.8 Å². The molecule has 1 heterocycles. The van der Waals surface area contributed by atoms with E-state index in [9.17, 15) is 4.79 Å². The van der Waals surface area contributed by atoms with Gasteiger partial charge in [0.05, 0.1) is 12.2 Å². The Balaban J connectivity index is 0.00000312. The van der Waals surface area contributed by atoms with Crippen molar-refractivity contribution in [3.8, 4) is 0 Å². The van der Waals surface area contributed by atoms with Gasteiger partial charge in [-0.05, 0) is 33.1 Å². The molecule has 0 spiro atoms. The summed E-state index contributed by atoms with van der Waals surface area (Å²) in [5, 5.41) is 7.86. The van der Waals surface area contributed by atoms with Crippen molar-refractivity contribution in [2.75, 3.05) is 21.1 Å². The summed E-state index contributed by atoms with van der Waals surface area (Å²) in [7, 11) is 5.44. The third-order valence-electron chi connectivity index (χ3n) is 4.51. The topological polar surface area (TPSA) is 69.6 Å². The van der Waals surface area contributed by atoms with Gasteiger partial charge in [-0.15, -0.1) is 35.3 Å². The van der Waals surface area contributed by atoms with E-state index < -0.39 is 0 Å². The summed E-state index contributed by atoms with van der Waals surface area (Å²) in [6.45, 7) is 4.80. The number of amides is 1. The summed E-state index contributed by atoms with van der Waals surface area (Å²) in [5.74, 6) is 1.13. The zero-order chi connectivity index (χ0) is 17.7. The zero-order valence-corrected chi connectivity index (χ0v) is 18.9. The van der Waals surface area contributed by atoms with Gasteiger partial charge in [0, 0.05) is 38.0 Å². The van der Waals surface area contributed by atoms with Crippen molar-refractivity contribution in [2.45, 2.75) is 52.1 Å². The van der Waals surface area contributed by atoms with Crippen LogP contribution >= 0.6 is 35.3 Å². The fraction of sp³-hybridized carbons (Fsp3) is 0.706. The van der Waals surface area contributed by atoms with Crippen molar-refractivity contribution in [1.82, 2.24) is 20.5 Å². The van der Waals surface area contributed by atoms with Gasteiger partial charge in [-0.25, -0.2) is 4.98 Å². The molecule has 1 fully saturated rings. The highest BCUT2D eigenvalue weighted by Gasteiger charge is 2.28. The number of hydrogen-bond donors (Lipinski definition) is 2. The Morgan fingerprint density at radius 2 is 2.08 bits per heavy atom. The number of guanidine groups is 1. The Hall–Kier alpha value is -0.900. The molecule has 6 nitrogen and oxygen atoms in total. The number of halogens is 1. The second-order valence-corrected chi connectivity index (χ2v) is 7.90. The van der Waals surface area contributed by atoms with E-state index in [2.05, 4.69) is 27.5 Å². The lowest BCUT2D eigenvalue weighted by Crippen LogP contribution is -2.46. The van der Waals surface area contributed by atoms with Crippen LogP contribution in [0.5, 0.6) is 0 Å². The number of carbonyl (C=O) groups is 1. The molecule has 142 valence electrons. The van der Waals surface area contributed by atoms with E-state index in [0.717, 1.165) is 42.3 Å². The number of rotatable bonds is 4. The third-order valence-corrected chi connectivity index (χ3v) is 5.58. The van der Waals surface area contributed by atoms with Crippen LogP contribution in [0.2, 0.25) is 0 Å². The first-order valence-electron chi connectivity index (χ1n) is 8.52. The number of aromatic nitrogens is 1. The Kier molecular flexibility index (Phi) is 9.12. The van der Waals surface area contributed by atoms with E-state index in [4.69, 9.17) is 0 Å². The van der Waals surface area contributed by atoms with Gasteiger partial charge in [0.2, 0.25) is 5.91 Å². The highest BCUT2D eigenvalue weighted by molar-refractivity contribution is 14.0. The number of thiazole rings is 1. The molecule has 2 rings (SSSR count). The average Bonchev–Trinajstić information content (AvgIpc) is 2.89. The van der Waals surface area contributed by atoms with Gasteiger partial charge < -0.3 is 15.5 Å². The average molecular weight is 479 g/mol. The molecule has 8 heteroatoms. The quantitative estimate of drug-likeness (QED) is 0.396. The first-order chi connectivity index (χ1) is 11.4. The molecule has 1 saturated carbocycles. The molecule has 1 aliphatic carbocycles. The number of nitrogens with one attached hydrogen (secondary N) is 2. The summed E-state index contributed by atoms with van der Waals surface area (Å²) in [6.07, 6.45) is 4.00. The maximum atomic E-state index is 12.2. The molecule has 25 heavy (non-hydrogen) atoms. The normalized spacial score (nSPS) is 20.6. The highest BCUT2D eigenvalue weighted by Crippen LogP contribution is 2.25. The lowest BCUT2D eigenvalue weighted by atomic mass is 9.85. The van der Waals surface area contributed by atoms with Gasteiger partial charge in [-0.3, -0.25) is 9.79 Å². The Bertz CT molecular complexity index is 582. The van der Waals surface area contributed by atoms with Crippen LogP contribution in [-0.2, 0) is 11.3 Å². The second kappa shape index (κ2) is 10.3. The van der Waals surface area contributed by atoms with E-state index in [0.29, 0.717) is 12.6 Å². The Morgan fingerprint density at radius 3 is 2.64 bits per heavy atom. The van der Waals surface area contributed by atoms with Crippen LogP contribution in [-0.4, -0.2) is 48.9 Å². The SMILES string of the molecule is CN=C(NCc1nc(C)c(C)s1)NC1CCCC(C(=O)N(C)C)C1.I. The van der Waals surface area contributed by atoms with Crippen LogP contribution in [0.1, 0.15) is 41.3 Å². The van der Waals surface area contributed by atoms with Crippen molar-refractivity contribution in [3.05, 3.63) is 15.6 Å². The Morgan fingerprint density at radius 1 is 1.36 bits per heavy atom. The largest absolute Gasteiger partial charge is 0.354 e. The van der Waals surface area contributed by atoms with Gasteiger partial charge >= 0.3 is 0 Å². The fourth-order valence-electron chi connectivity index (χ4n) is 3.07. The first-order valence-corrected chi connectivity index (χ1v) is 9.33. The highest BCUT2D eigenvalue weighted by atomic mass is 127. The zero-order valence-electron chi connectivity index (χ0n) is 15.8. The molecule has 0 radical (unpaired) electrons. The minimum atomic E-state index is 0. The van der Waals surface area contributed by atoms with Crippen LogP contribution in [0.4, 0.5) is 0 Å². The summed E-state index contributed by atoms with van der Waals surface area (Å²) in [4.78, 5) is 24.0. The number of hydrogen-bond acceptors (Lipinski definition) is 4.